The molecule has 22 heavy (non-hydrogen) atoms. The van der Waals surface area contributed by atoms with Gasteiger partial charge in [-0.15, -0.1) is 10.2 Å². The number of carbonyl (C=O) groups excluding carboxylic acids is 1. The van der Waals surface area contributed by atoms with Gasteiger partial charge in [-0.25, -0.2) is 0 Å². The number of amides is 1. The van der Waals surface area contributed by atoms with Crippen LogP contribution in [0.4, 0.5) is 0 Å². The van der Waals surface area contributed by atoms with Gasteiger partial charge in [0.25, 0.3) is 5.91 Å². The number of rotatable bonds is 5. The van der Waals surface area contributed by atoms with E-state index < -0.39 is 0 Å². The Morgan fingerprint density at radius 2 is 2.05 bits per heavy atom. The molecule has 112 valence electrons. The topological polar surface area (TPSA) is 81.2 Å². The Labute approximate surface area is 127 Å². The zero-order valence-corrected chi connectivity index (χ0v) is 12.1. The van der Waals surface area contributed by atoms with Gasteiger partial charge in [0, 0.05) is 18.5 Å². The van der Waals surface area contributed by atoms with E-state index in [1.54, 1.807) is 12.1 Å². The Balaban J connectivity index is 1.58. The van der Waals surface area contributed by atoms with Gasteiger partial charge < -0.3 is 14.2 Å². The lowest BCUT2D eigenvalue weighted by atomic mass is 10.1. The molecule has 0 spiro atoms. The molecule has 6 heteroatoms. The van der Waals surface area contributed by atoms with Crippen molar-refractivity contribution < 1.29 is 13.6 Å². The van der Waals surface area contributed by atoms with E-state index in [0.717, 1.165) is 11.1 Å². The molecule has 0 fully saturated rings. The van der Waals surface area contributed by atoms with Crippen molar-refractivity contribution >= 4 is 5.91 Å². The van der Waals surface area contributed by atoms with Gasteiger partial charge in [0.2, 0.25) is 11.8 Å². The molecule has 0 saturated heterocycles. The molecule has 3 rings (SSSR count). The molecular formula is C16H15N3O3. The molecule has 0 aliphatic carbocycles. The predicted molar refractivity (Wildman–Crippen MR) is 79.2 cm³/mol. The van der Waals surface area contributed by atoms with Crippen molar-refractivity contribution in [3.05, 3.63) is 59.9 Å². The van der Waals surface area contributed by atoms with E-state index in [2.05, 4.69) is 15.5 Å². The van der Waals surface area contributed by atoms with Gasteiger partial charge in [-0.3, -0.25) is 4.79 Å². The zero-order chi connectivity index (χ0) is 15.4. The fourth-order valence-corrected chi connectivity index (χ4v) is 2.05. The number of carbonyl (C=O) groups is 1. The highest BCUT2D eigenvalue weighted by atomic mass is 16.4. The zero-order valence-electron chi connectivity index (χ0n) is 12.1. The quantitative estimate of drug-likeness (QED) is 0.783. The van der Waals surface area contributed by atoms with Crippen LogP contribution in [0.2, 0.25) is 0 Å². The van der Waals surface area contributed by atoms with E-state index in [-0.39, 0.29) is 11.7 Å². The monoisotopic (exact) mass is 297 g/mol. The molecule has 0 radical (unpaired) electrons. The Morgan fingerprint density at radius 3 is 2.82 bits per heavy atom. The highest BCUT2D eigenvalue weighted by Crippen LogP contribution is 2.21. The molecule has 0 unspecified atom stereocenters. The highest BCUT2D eigenvalue weighted by molar-refractivity contribution is 5.91. The van der Waals surface area contributed by atoms with Crippen molar-refractivity contribution in [3.63, 3.8) is 0 Å². The second kappa shape index (κ2) is 6.26. The lowest BCUT2D eigenvalue weighted by Gasteiger charge is -2.00. The number of benzene rings is 1. The summed E-state index contributed by atoms with van der Waals surface area (Å²) in [6.07, 6.45) is 1.92. The first-order valence-corrected chi connectivity index (χ1v) is 6.94. The Morgan fingerprint density at radius 1 is 1.18 bits per heavy atom. The van der Waals surface area contributed by atoms with Gasteiger partial charge in [0.1, 0.15) is 0 Å². The molecule has 1 N–H and O–H groups in total. The van der Waals surface area contributed by atoms with Crippen LogP contribution in [-0.2, 0) is 6.42 Å². The smallest absolute Gasteiger partial charge is 0.286 e. The molecule has 0 aliphatic heterocycles. The third-order valence-corrected chi connectivity index (χ3v) is 3.21. The number of nitrogens with zero attached hydrogens (tertiary/aromatic N) is 2. The SMILES string of the molecule is Cc1ccccc1-c1nnc(CCNC(=O)c2ccco2)o1. The molecule has 2 heterocycles. The van der Waals surface area contributed by atoms with Gasteiger partial charge >= 0.3 is 0 Å². The molecule has 0 atom stereocenters. The summed E-state index contributed by atoms with van der Waals surface area (Å²) in [6.45, 7) is 2.39. The second-order valence-corrected chi connectivity index (χ2v) is 4.80. The number of furan rings is 1. The van der Waals surface area contributed by atoms with Crippen molar-refractivity contribution in [2.75, 3.05) is 6.54 Å². The summed E-state index contributed by atoms with van der Waals surface area (Å²) in [6, 6.07) is 11.1. The maximum absolute atomic E-state index is 11.7. The van der Waals surface area contributed by atoms with Crippen LogP contribution in [0.25, 0.3) is 11.5 Å². The summed E-state index contributed by atoms with van der Waals surface area (Å²) in [5.41, 5.74) is 1.99. The number of hydrogen-bond donors (Lipinski definition) is 1. The predicted octanol–water partition coefficient (Wildman–Crippen LogP) is 2.61. The number of aromatic nitrogens is 2. The summed E-state index contributed by atoms with van der Waals surface area (Å²) in [7, 11) is 0. The molecule has 3 aromatic rings. The Bertz CT molecular complexity index is 763. The number of aryl methyl sites for hydroxylation is 1. The summed E-state index contributed by atoms with van der Waals surface area (Å²) in [5.74, 6) is 0.998. The fraction of sp³-hybridized carbons (Fsp3) is 0.188. The van der Waals surface area contributed by atoms with Crippen LogP contribution in [0.1, 0.15) is 22.0 Å². The van der Waals surface area contributed by atoms with Crippen molar-refractivity contribution in [3.8, 4) is 11.5 Å². The van der Waals surface area contributed by atoms with Crippen LogP contribution in [0, 0.1) is 6.92 Å². The summed E-state index contributed by atoms with van der Waals surface area (Å²) >= 11 is 0. The second-order valence-electron chi connectivity index (χ2n) is 4.80. The maximum Gasteiger partial charge on any atom is 0.286 e. The molecule has 0 aliphatic rings. The molecule has 2 aromatic heterocycles. The normalized spacial score (nSPS) is 10.6. The van der Waals surface area contributed by atoms with Crippen LogP contribution < -0.4 is 5.32 Å². The van der Waals surface area contributed by atoms with E-state index in [9.17, 15) is 4.79 Å². The van der Waals surface area contributed by atoms with Gasteiger partial charge in [0.15, 0.2) is 5.76 Å². The van der Waals surface area contributed by atoms with Gasteiger partial charge in [-0.1, -0.05) is 18.2 Å². The Hall–Kier alpha value is -2.89. The highest BCUT2D eigenvalue weighted by Gasteiger charge is 2.11. The van der Waals surface area contributed by atoms with Crippen molar-refractivity contribution in [2.45, 2.75) is 13.3 Å². The number of nitrogens with one attached hydrogen (secondary N) is 1. The van der Waals surface area contributed by atoms with Crippen LogP contribution in [0.5, 0.6) is 0 Å². The van der Waals surface area contributed by atoms with Crippen molar-refractivity contribution in [1.82, 2.24) is 15.5 Å². The lowest BCUT2D eigenvalue weighted by Crippen LogP contribution is -2.25. The van der Waals surface area contributed by atoms with Crippen molar-refractivity contribution in [1.29, 1.82) is 0 Å². The molecule has 1 aromatic carbocycles. The third-order valence-electron chi connectivity index (χ3n) is 3.21. The minimum absolute atomic E-state index is 0.261. The van der Waals surface area contributed by atoms with Crippen LogP contribution in [-0.4, -0.2) is 22.6 Å². The first-order valence-electron chi connectivity index (χ1n) is 6.94. The van der Waals surface area contributed by atoms with Crippen LogP contribution in [0.3, 0.4) is 0 Å². The molecule has 6 nitrogen and oxygen atoms in total. The van der Waals surface area contributed by atoms with E-state index >= 15 is 0 Å². The molecule has 1 amide bonds. The first kappa shape index (κ1) is 14.1. The Kier molecular flexibility index (Phi) is 4.00. The molecule has 0 saturated carbocycles. The van der Waals surface area contributed by atoms with Crippen LogP contribution >= 0.6 is 0 Å². The molecular weight excluding hydrogens is 282 g/mol. The average Bonchev–Trinajstić information content (AvgIpc) is 3.19. The van der Waals surface area contributed by atoms with E-state index in [1.165, 1.54) is 6.26 Å². The van der Waals surface area contributed by atoms with Crippen molar-refractivity contribution in [2.24, 2.45) is 0 Å². The standard InChI is InChI=1S/C16H15N3O3/c1-11-5-2-3-6-12(11)16-19-18-14(22-16)8-9-17-15(20)13-7-4-10-21-13/h2-7,10H,8-9H2,1H3,(H,17,20). The third kappa shape index (κ3) is 3.06. The maximum atomic E-state index is 11.7. The minimum Gasteiger partial charge on any atom is -0.459 e. The van der Waals surface area contributed by atoms with Gasteiger partial charge in [-0.05, 0) is 30.7 Å². The number of hydrogen-bond acceptors (Lipinski definition) is 5. The minimum atomic E-state index is -0.261. The first-order chi connectivity index (χ1) is 10.7. The average molecular weight is 297 g/mol. The van der Waals surface area contributed by atoms with E-state index in [0.29, 0.717) is 24.7 Å². The van der Waals surface area contributed by atoms with Crippen LogP contribution in [0.15, 0.2) is 51.5 Å². The van der Waals surface area contributed by atoms with E-state index in [1.807, 2.05) is 31.2 Å². The summed E-state index contributed by atoms with van der Waals surface area (Å²) in [5, 5.41) is 10.8. The lowest BCUT2D eigenvalue weighted by molar-refractivity contribution is 0.0926. The largest absolute Gasteiger partial charge is 0.459 e. The molecule has 0 bridgehead atoms. The van der Waals surface area contributed by atoms with Gasteiger partial charge in [0.05, 0.1) is 6.26 Å². The van der Waals surface area contributed by atoms with Gasteiger partial charge in [-0.2, -0.15) is 0 Å². The van der Waals surface area contributed by atoms with E-state index in [4.69, 9.17) is 8.83 Å². The summed E-state index contributed by atoms with van der Waals surface area (Å²) < 4.78 is 10.6. The fourth-order valence-electron chi connectivity index (χ4n) is 2.05. The summed E-state index contributed by atoms with van der Waals surface area (Å²) in [4.78, 5) is 11.7.